The Labute approximate surface area is 318 Å². The molecule has 0 radical (unpaired) electrons. The van der Waals surface area contributed by atoms with Gasteiger partial charge in [-0.05, 0) is 38.3 Å². The van der Waals surface area contributed by atoms with E-state index in [1.54, 1.807) is 4.72 Å². The van der Waals surface area contributed by atoms with Crippen molar-refractivity contribution in [1.82, 2.24) is 19.1 Å². The zero-order valence-corrected chi connectivity index (χ0v) is 32.9. The molecule has 1 unspecified atom stereocenters. The third kappa shape index (κ3) is 9.32. The lowest BCUT2D eigenvalue weighted by Crippen LogP contribution is -2.40. The van der Waals surface area contributed by atoms with Gasteiger partial charge in [0.05, 0.1) is 49.0 Å². The monoisotopic (exact) mass is 832 g/mol. The van der Waals surface area contributed by atoms with Gasteiger partial charge >= 0.3 is 23.7 Å². The fraction of sp³-hybridized carbons (Fsp3) is 0.469. The number of Topliss-reactive ketones (excluding diaryl/α,β-unsaturated/α-hetero) is 3. The highest BCUT2D eigenvalue weighted by Gasteiger charge is 2.38. The second kappa shape index (κ2) is 17.5. The van der Waals surface area contributed by atoms with Crippen LogP contribution in [0.1, 0.15) is 63.3 Å². The summed E-state index contributed by atoms with van der Waals surface area (Å²) in [6.07, 6.45) is 3.55. The number of nitrogens with one attached hydrogen (secondary N) is 1. The van der Waals surface area contributed by atoms with E-state index >= 15 is 0 Å². The maximum absolute atomic E-state index is 12.9. The van der Waals surface area contributed by atoms with Gasteiger partial charge in [-0.25, -0.2) is 40.5 Å². The fourth-order valence-electron chi connectivity index (χ4n) is 5.66. The van der Waals surface area contributed by atoms with Gasteiger partial charge < -0.3 is 18.9 Å². The van der Waals surface area contributed by atoms with E-state index in [0.717, 1.165) is 42.1 Å². The van der Waals surface area contributed by atoms with Gasteiger partial charge in [0.15, 0.2) is 27.2 Å². The lowest BCUT2D eigenvalue weighted by atomic mass is 9.81. The molecule has 1 aromatic carbocycles. The Bertz CT molecular complexity index is 2240. The summed E-state index contributed by atoms with van der Waals surface area (Å²) in [4.78, 5) is 72.8. The number of amides is 1. The number of sulfonamides is 1. The lowest BCUT2D eigenvalue weighted by Gasteiger charge is -2.20. The minimum atomic E-state index is -4.45. The number of carbonyl (C=O) groups is 5. The number of esters is 1. The van der Waals surface area contributed by atoms with Crippen molar-refractivity contribution >= 4 is 72.1 Å². The van der Waals surface area contributed by atoms with E-state index in [1.807, 2.05) is 0 Å². The van der Waals surface area contributed by atoms with Gasteiger partial charge in [-0.3, -0.25) is 14.4 Å². The fourth-order valence-corrected chi connectivity index (χ4v) is 9.46. The van der Waals surface area contributed by atoms with E-state index in [2.05, 4.69) is 9.84 Å². The van der Waals surface area contributed by atoms with Crippen LogP contribution in [0.3, 0.4) is 0 Å². The third-order valence-corrected chi connectivity index (χ3v) is 12.5. The van der Waals surface area contributed by atoms with Gasteiger partial charge in [0.2, 0.25) is 0 Å². The molecule has 1 saturated carbocycles. The van der Waals surface area contributed by atoms with E-state index in [0.29, 0.717) is 17.7 Å². The molecule has 18 nitrogen and oxygen atoms in total. The van der Waals surface area contributed by atoms with Crippen LogP contribution >= 0.6 is 22.9 Å². The molecule has 0 spiro atoms. The molecule has 2 aliphatic rings. The molecule has 1 atom stereocenters. The molecule has 1 aliphatic heterocycles. The number of halogens is 1. The van der Waals surface area contributed by atoms with E-state index in [-0.39, 0.29) is 69.7 Å². The van der Waals surface area contributed by atoms with Crippen molar-refractivity contribution in [3.63, 3.8) is 0 Å². The summed E-state index contributed by atoms with van der Waals surface area (Å²) in [5.74, 6) is -3.78. The number of sulfone groups is 1. The number of hydrogen-bond donors (Lipinski definition) is 1. The Hall–Kier alpha value is -4.28. The smallest absolute Gasteiger partial charge is 0.360 e. The average molecular weight is 833 g/mol. The summed E-state index contributed by atoms with van der Waals surface area (Å²) in [7, 11) is -4.45. The molecule has 2 fully saturated rings. The standard InChI is InChI=1S/C20H23ClO7S.C12H14N4O7S2/c1-29(25,26)17-8-7-13(20(24)18-15(22)5-2-6-16(18)23)19(21)14(17)11-27-10-12-4-3-9-28-12;1-6-8(7(5-24-6)9(17)22-3)25(20,21)14-10(18)16-12(19)15(2)11(13-16)23-4/h7-8,12,18H,2-6,9-11H2,1H3;5H,1-4H3,(H,14,18). The number of thiophene rings is 1. The predicted octanol–water partition coefficient (Wildman–Crippen LogP) is 2.25. The molecule has 0 bridgehead atoms. The molecule has 294 valence electrons. The van der Waals surface area contributed by atoms with Crippen molar-refractivity contribution < 1.29 is 59.8 Å². The molecule has 1 aliphatic carbocycles. The first kappa shape index (κ1) is 42.5. The molecule has 5 rings (SSSR count). The largest absolute Gasteiger partial charge is 0.467 e. The van der Waals surface area contributed by atoms with Crippen LogP contribution in [0.25, 0.3) is 0 Å². The van der Waals surface area contributed by atoms with Crippen molar-refractivity contribution in [2.24, 2.45) is 13.0 Å². The first-order chi connectivity index (χ1) is 25.3. The van der Waals surface area contributed by atoms with E-state index in [1.165, 1.54) is 38.6 Å². The van der Waals surface area contributed by atoms with E-state index in [9.17, 15) is 45.6 Å². The Morgan fingerprint density at radius 2 is 1.72 bits per heavy atom. The molecule has 1 N–H and O–H groups in total. The Kier molecular flexibility index (Phi) is 13.7. The van der Waals surface area contributed by atoms with Crippen LogP contribution in [0.4, 0.5) is 4.79 Å². The van der Waals surface area contributed by atoms with E-state index in [4.69, 9.17) is 25.8 Å². The van der Waals surface area contributed by atoms with Crippen molar-refractivity contribution in [2.75, 3.05) is 33.7 Å². The molecule has 1 saturated heterocycles. The summed E-state index contributed by atoms with van der Waals surface area (Å²) in [6, 6.07) is 1.04. The first-order valence-corrected chi connectivity index (χ1v) is 20.7. The van der Waals surface area contributed by atoms with Crippen molar-refractivity contribution in [1.29, 1.82) is 0 Å². The number of ketones is 3. The number of nitrogens with zero attached hydrogens (tertiary/aromatic N) is 3. The number of hydrogen-bond acceptors (Lipinski definition) is 16. The van der Waals surface area contributed by atoms with Gasteiger partial charge in [-0.1, -0.05) is 11.6 Å². The highest BCUT2D eigenvalue weighted by Crippen LogP contribution is 2.32. The summed E-state index contributed by atoms with van der Waals surface area (Å²) >= 11 is 7.40. The Morgan fingerprint density at radius 1 is 1.06 bits per heavy atom. The van der Waals surface area contributed by atoms with Crippen LogP contribution in [-0.4, -0.2) is 100 Å². The third-order valence-electron chi connectivity index (χ3n) is 8.32. The molecule has 3 aromatic rings. The van der Waals surface area contributed by atoms with Crippen LogP contribution in [0, 0.1) is 12.8 Å². The number of methoxy groups -OCH3 is 2. The normalized spacial score (nSPS) is 16.4. The summed E-state index contributed by atoms with van der Waals surface area (Å²) in [5, 5.41) is 4.77. The second-order valence-corrected chi connectivity index (χ2v) is 17.2. The van der Waals surface area contributed by atoms with Crippen LogP contribution in [0.15, 0.2) is 32.1 Å². The molecule has 3 heterocycles. The van der Waals surface area contributed by atoms with Crippen LogP contribution < -0.4 is 15.1 Å². The van der Waals surface area contributed by atoms with Gasteiger partial charge in [0.1, 0.15) is 10.8 Å². The van der Waals surface area contributed by atoms with Gasteiger partial charge in [0.25, 0.3) is 10.0 Å². The predicted molar refractivity (Wildman–Crippen MR) is 190 cm³/mol. The Morgan fingerprint density at radius 3 is 2.28 bits per heavy atom. The summed E-state index contributed by atoms with van der Waals surface area (Å²) in [6.45, 7) is 2.27. The number of aromatic nitrogens is 3. The summed E-state index contributed by atoms with van der Waals surface area (Å²) in [5.41, 5.74) is -1.01. The maximum Gasteiger partial charge on any atom is 0.360 e. The minimum absolute atomic E-state index is 0.0385. The second-order valence-electron chi connectivity index (χ2n) is 12.1. The quantitative estimate of drug-likeness (QED) is 0.166. The number of ether oxygens (including phenoxy) is 4. The first-order valence-electron chi connectivity index (χ1n) is 16.1. The van der Waals surface area contributed by atoms with Gasteiger partial charge in [0, 0.05) is 54.1 Å². The van der Waals surface area contributed by atoms with Gasteiger partial charge in [-0.15, -0.1) is 21.1 Å². The lowest BCUT2D eigenvalue weighted by molar-refractivity contribution is -0.133. The highest BCUT2D eigenvalue weighted by molar-refractivity contribution is 7.91. The topological polar surface area (TPSA) is 242 Å². The highest BCUT2D eigenvalue weighted by atomic mass is 35.5. The van der Waals surface area contributed by atoms with Crippen molar-refractivity contribution in [3.05, 3.63) is 54.6 Å². The van der Waals surface area contributed by atoms with E-state index < -0.39 is 65.7 Å². The van der Waals surface area contributed by atoms with Crippen LogP contribution in [0.5, 0.6) is 6.01 Å². The zero-order chi connectivity index (χ0) is 40.1. The molecule has 1 amide bonds. The van der Waals surface area contributed by atoms with Gasteiger partial charge in [-0.2, -0.15) is 0 Å². The number of rotatable bonds is 11. The average Bonchev–Trinajstić information content (AvgIpc) is 3.84. The molecule has 22 heteroatoms. The van der Waals surface area contributed by atoms with Crippen molar-refractivity contribution in [3.8, 4) is 6.01 Å². The molecule has 54 heavy (non-hydrogen) atoms. The molecular weight excluding hydrogens is 796 g/mol. The Balaban J connectivity index is 0.000000244. The number of carbonyl (C=O) groups excluding carboxylic acids is 5. The van der Waals surface area contributed by atoms with Crippen LogP contribution in [0.2, 0.25) is 5.02 Å². The van der Waals surface area contributed by atoms with Crippen molar-refractivity contribution in [2.45, 2.75) is 61.5 Å². The maximum atomic E-state index is 12.9. The van der Waals surface area contributed by atoms with Crippen LogP contribution in [-0.2, 0) is 57.3 Å². The minimum Gasteiger partial charge on any atom is -0.467 e. The number of benzene rings is 1. The summed E-state index contributed by atoms with van der Waals surface area (Å²) < 4.78 is 72.7. The zero-order valence-electron chi connectivity index (χ0n) is 29.7. The molecule has 2 aromatic heterocycles. The number of aryl methyl sites for hydroxylation is 1. The molecular formula is C32H37ClN4O14S3. The SMILES string of the molecule is COC(=O)c1csc(C)c1S(=O)(=O)NC(=O)n1nc(OC)n(C)c1=O.CS(=O)(=O)c1ccc(C(=O)C2C(=O)CCCC2=O)c(Cl)c1COCC1CCCO1.